The number of aromatic nitrogens is 2. The summed E-state index contributed by atoms with van der Waals surface area (Å²) in [6.45, 7) is 8.67. The Hall–Kier alpha value is -2.10. The smallest absolute Gasteiger partial charge is 0.227 e. The first kappa shape index (κ1) is 16.7. The molecule has 0 atom stereocenters. The largest absolute Gasteiger partial charge is 0.356 e. The SMILES string of the molecule is CCCN(CCC)c1cc(-c2ccccc2)nc(N2CCCC2)n1. The number of benzene rings is 1. The minimum Gasteiger partial charge on any atom is -0.356 e. The summed E-state index contributed by atoms with van der Waals surface area (Å²) in [5, 5.41) is 0. The lowest BCUT2D eigenvalue weighted by molar-refractivity contribution is 0.730. The summed E-state index contributed by atoms with van der Waals surface area (Å²) in [6, 6.07) is 12.6. The van der Waals surface area contributed by atoms with Crippen molar-refractivity contribution in [3.63, 3.8) is 0 Å². The summed E-state index contributed by atoms with van der Waals surface area (Å²) < 4.78 is 0. The molecule has 1 saturated heterocycles. The molecule has 1 aliphatic heterocycles. The van der Waals surface area contributed by atoms with E-state index >= 15 is 0 Å². The third-order valence-corrected chi connectivity index (χ3v) is 4.47. The molecule has 4 nitrogen and oxygen atoms in total. The van der Waals surface area contributed by atoms with Gasteiger partial charge in [-0.3, -0.25) is 0 Å². The van der Waals surface area contributed by atoms with E-state index in [0.717, 1.165) is 62.0 Å². The quantitative estimate of drug-likeness (QED) is 0.757. The van der Waals surface area contributed by atoms with Crippen LogP contribution in [0.5, 0.6) is 0 Å². The van der Waals surface area contributed by atoms with Gasteiger partial charge in [0.15, 0.2) is 0 Å². The highest BCUT2D eigenvalue weighted by Crippen LogP contribution is 2.26. The van der Waals surface area contributed by atoms with E-state index in [1.165, 1.54) is 12.8 Å². The van der Waals surface area contributed by atoms with Crippen molar-refractivity contribution < 1.29 is 0 Å². The van der Waals surface area contributed by atoms with Gasteiger partial charge < -0.3 is 9.80 Å². The predicted octanol–water partition coefficient (Wildman–Crippen LogP) is 4.37. The van der Waals surface area contributed by atoms with Crippen LogP contribution >= 0.6 is 0 Å². The molecule has 0 aliphatic carbocycles. The normalized spacial score (nSPS) is 14.2. The van der Waals surface area contributed by atoms with E-state index < -0.39 is 0 Å². The molecule has 0 spiro atoms. The zero-order valence-electron chi connectivity index (χ0n) is 14.9. The van der Waals surface area contributed by atoms with Gasteiger partial charge in [-0.05, 0) is 25.7 Å². The molecular formula is C20H28N4. The maximum Gasteiger partial charge on any atom is 0.227 e. The molecule has 1 aromatic heterocycles. The third-order valence-electron chi connectivity index (χ3n) is 4.47. The van der Waals surface area contributed by atoms with Crippen LogP contribution in [-0.4, -0.2) is 36.1 Å². The van der Waals surface area contributed by atoms with Crippen molar-refractivity contribution in [3.05, 3.63) is 36.4 Å². The monoisotopic (exact) mass is 324 g/mol. The number of rotatable bonds is 7. The molecular weight excluding hydrogens is 296 g/mol. The van der Waals surface area contributed by atoms with E-state index in [2.05, 4.69) is 54.0 Å². The predicted molar refractivity (Wildman–Crippen MR) is 102 cm³/mol. The maximum absolute atomic E-state index is 4.92. The Morgan fingerprint density at radius 2 is 1.62 bits per heavy atom. The molecule has 24 heavy (non-hydrogen) atoms. The average Bonchev–Trinajstić information content (AvgIpc) is 3.17. The highest BCUT2D eigenvalue weighted by Gasteiger charge is 2.18. The van der Waals surface area contributed by atoms with Crippen LogP contribution in [0, 0.1) is 0 Å². The zero-order chi connectivity index (χ0) is 16.8. The molecule has 128 valence electrons. The highest BCUT2D eigenvalue weighted by molar-refractivity contribution is 5.65. The molecule has 0 bridgehead atoms. The van der Waals surface area contributed by atoms with Gasteiger partial charge >= 0.3 is 0 Å². The summed E-state index contributed by atoms with van der Waals surface area (Å²) in [5.74, 6) is 1.95. The van der Waals surface area contributed by atoms with Gasteiger partial charge in [-0.15, -0.1) is 0 Å². The molecule has 0 saturated carbocycles. The van der Waals surface area contributed by atoms with Crippen LogP contribution in [0.2, 0.25) is 0 Å². The standard InChI is InChI=1S/C20H28N4/c1-3-12-23(13-4-2)19-16-18(17-10-6-5-7-11-17)21-20(22-19)24-14-8-9-15-24/h5-7,10-11,16H,3-4,8-9,12-15H2,1-2H3. The van der Waals surface area contributed by atoms with E-state index in [1.54, 1.807) is 0 Å². The maximum atomic E-state index is 4.92. The Bertz CT molecular complexity index is 629. The zero-order valence-corrected chi connectivity index (χ0v) is 14.9. The van der Waals surface area contributed by atoms with Crippen molar-refractivity contribution in [1.82, 2.24) is 9.97 Å². The lowest BCUT2D eigenvalue weighted by Crippen LogP contribution is -2.28. The second-order valence-corrected chi connectivity index (χ2v) is 6.46. The van der Waals surface area contributed by atoms with Gasteiger partial charge in [0.25, 0.3) is 0 Å². The van der Waals surface area contributed by atoms with Crippen LogP contribution in [0.25, 0.3) is 11.3 Å². The van der Waals surface area contributed by atoms with Gasteiger partial charge in [-0.25, -0.2) is 4.98 Å². The molecule has 1 fully saturated rings. The minimum atomic E-state index is 0.890. The number of hydrogen-bond donors (Lipinski definition) is 0. The molecule has 0 unspecified atom stereocenters. The molecule has 1 aromatic carbocycles. The Morgan fingerprint density at radius 3 is 2.25 bits per heavy atom. The molecule has 0 radical (unpaired) electrons. The Morgan fingerprint density at radius 1 is 0.958 bits per heavy atom. The lowest BCUT2D eigenvalue weighted by Gasteiger charge is -2.25. The lowest BCUT2D eigenvalue weighted by atomic mass is 10.1. The van der Waals surface area contributed by atoms with Gasteiger partial charge in [0, 0.05) is 37.8 Å². The van der Waals surface area contributed by atoms with Crippen LogP contribution in [0.1, 0.15) is 39.5 Å². The number of hydrogen-bond acceptors (Lipinski definition) is 4. The first-order valence-corrected chi connectivity index (χ1v) is 9.26. The van der Waals surface area contributed by atoms with E-state index in [-0.39, 0.29) is 0 Å². The van der Waals surface area contributed by atoms with Gasteiger partial charge in [0.1, 0.15) is 5.82 Å². The Balaban J connectivity index is 2.01. The summed E-state index contributed by atoms with van der Waals surface area (Å²) in [4.78, 5) is 14.5. The van der Waals surface area contributed by atoms with Crippen molar-refractivity contribution in [1.29, 1.82) is 0 Å². The van der Waals surface area contributed by atoms with Crippen molar-refractivity contribution >= 4 is 11.8 Å². The highest BCUT2D eigenvalue weighted by atomic mass is 15.3. The summed E-state index contributed by atoms with van der Waals surface area (Å²) in [5.41, 5.74) is 2.19. The van der Waals surface area contributed by atoms with E-state index in [4.69, 9.17) is 9.97 Å². The van der Waals surface area contributed by atoms with Crippen LogP contribution in [0.3, 0.4) is 0 Å². The van der Waals surface area contributed by atoms with Crippen molar-refractivity contribution in [2.45, 2.75) is 39.5 Å². The average molecular weight is 324 g/mol. The Labute approximate surface area is 145 Å². The fourth-order valence-electron chi connectivity index (χ4n) is 3.28. The number of anilines is 2. The fraction of sp³-hybridized carbons (Fsp3) is 0.500. The first-order chi connectivity index (χ1) is 11.8. The van der Waals surface area contributed by atoms with Crippen molar-refractivity contribution in [2.75, 3.05) is 36.0 Å². The topological polar surface area (TPSA) is 32.3 Å². The van der Waals surface area contributed by atoms with Crippen LogP contribution in [0.15, 0.2) is 36.4 Å². The van der Waals surface area contributed by atoms with Gasteiger partial charge in [-0.1, -0.05) is 44.2 Å². The molecule has 3 rings (SSSR count). The van der Waals surface area contributed by atoms with Gasteiger partial charge in [0.2, 0.25) is 5.95 Å². The number of nitrogens with zero attached hydrogens (tertiary/aromatic N) is 4. The van der Waals surface area contributed by atoms with Crippen LogP contribution in [-0.2, 0) is 0 Å². The summed E-state index contributed by atoms with van der Waals surface area (Å²) in [6.07, 6.45) is 4.73. The van der Waals surface area contributed by atoms with Crippen LogP contribution < -0.4 is 9.80 Å². The first-order valence-electron chi connectivity index (χ1n) is 9.26. The molecule has 0 amide bonds. The van der Waals surface area contributed by atoms with E-state index in [0.29, 0.717) is 0 Å². The fourth-order valence-corrected chi connectivity index (χ4v) is 3.28. The van der Waals surface area contributed by atoms with Crippen LogP contribution in [0.4, 0.5) is 11.8 Å². The van der Waals surface area contributed by atoms with Gasteiger partial charge in [0.05, 0.1) is 5.69 Å². The molecule has 0 N–H and O–H groups in total. The second-order valence-electron chi connectivity index (χ2n) is 6.46. The minimum absolute atomic E-state index is 0.890. The second kappa shape index (κ2) is 8.13. The van der Waals surface area contributed by atoms with Crippen molar-refractivity contribution in [2.24, 2.45) is 0 Å². The van der Waals surface area contributed by atoms with Crippen molar-refractivity contribution in [3.8, 4) is 11.3 Å². The molecule has 1 aliphatic rings. The molecule has 2 heterocycles. The summed E-state index contributed by atoms with van der Waals surface area (Å²) in [7, 11) is 0. The Kier molecular flexibility index (Phi) is 5.68. The van der Waals surface area contributed by atoms with E-state index in [1.807, 2.05) is 6.07 Å². The van der Waals surface area contributed by atoms with Gasteiger partial charge in [-0.2, -0.15) is 4.98 Å². The summed E-state index contributed by atoms with van der Waals surface area (Å²) >= 11 is 0. The van der Waals surface area contributed by atoms with E-state index in [9.17, 15) is 0 Å². The molecule has 4 heteroatoms. The third kappa shape index (κ3) is 3.86. The molecule has 2 aromatic rings.